The molecule has 1 N–H and O–H groups in total. The fourth-order valence-electron chi connectivity index (χ4n) is 3.39. The second-order valence-electron chi connectivity index (χ2n) is 7.36. The van der Waals surface area contributed by atoms with E-state index in [4.69, 9.17) is 9.15 Å². The molecule has 0 aliphatic heterocycles. The summed E-state index contributed by atoms with van der Waals surface area (Å²) in [6.45, 7) is 5.66. The van der Waals surface area contributed by atoms with Crippen molar-refractivity contribution < 1.29 is 13.9 Å². The maximum atomic E-state index is 12.5. The molecule has 0 spiro atoms. The fraction of sp³-hybridized carbons (Fsp3) is 0.208. The lowest BCUT2D eigenvalue weighted by molar-refractivity contribution is -0.118. The van der Waals surface area contributed by atoms with Crippen LogP contribution in [-0.2, 0) is 11.2 Å². The van der Waals surface area contributed by atoms with Crippen LogP contribution in [0.15, 0.2) is 63.8 Å². The van der Waals surface area contributed by atoms with Crippen molar-refractivity contribution in [1.29, 1.82) is 0 Å². The van der Waals surface area contributed by atoms with Gasteiger partial charge in [-0.25, -0.2) is 9.48 Å². The number of carbonyl (C=O) groups is 1. The van der Waals surface area contributed by atoms with Crippen LogP contribution in [0.4, 0.5) is 5.82 Å². The molecule has 7 nitrogen and oxygen atoms in total. The Morgan fingerprint density at radius 2 is 1.87 bits per heavy atom. The highest BCUT2D eigenvalue weighted by Gasteiger charge is 2.12. The molecule has 0 saturated carbocycles. The van der Waals surface area contributed by atoms with Gasteiger partial charge in [0.25, 0.3) is 5.91 Å². The number of carbonyl (C=O) groups excluding carboxylic acids is 1. The van der Waals surface area contributed by atoms with Gasteiger partial charge in [-0.3, -0.25) is 4.79 Å². The zero-order valence-corrected chi connectivity index (χ0v) is 17.6. The molecule has 31 heavy (non-hydrogen) atoms. The van der Waals surface area contributed by atoms with Crippen LogP contribution in [0.25, 0.3) is 16.7 Å². The van der Waals surface area contributed by atoms with E-state index in [9.17, 15) is 9.59 Å². The van der Waals surface area contributed by atoms with E-state index in [1.54, 1.807) is 22.9 Å². The molecule has 0 radical (unpaired) electrons. The first-order valence-corrected chi connectivity index (χ1v) is 10.1. The molecule has 4 aromatic rings. The molecule has 1 amide bonds. The van der Waals surface area contributed by atoms with Gasteiger partial charge in [0.15, 0.2) is 6.61 Å². The van der Waals surface area contributed by atoms with Gasteiger partial charge < -0.3 is 14.5 Å². The largest absolute Gasteiger partial charge is 0.484 e. The maximum Gasteiger partial charge on any atom is 0.336 e. The molecule has 0 fully saturated rings. The zero-order chi connectivity index (χ0) is 22.0. The van der Waals surface area contributed by atoms with Crippen LogP contribution in [-0.4, -0.2) is 22.3 Å². The molecule has 158 valence electrons. The lowest BCUT2D eigenvalue weighted by Gasteiger charge is -2.11. The van der Waals surface area contributed by atoms with Crippen molar-refractivity contribution in [3.63, 3.8) is 0 Å². The first-order valence-electron chi connectivity index (χ1n) is 10.1. The van der Waals surface area contributed by atoms with Gasteiger partial charge in [0, 0.05) is 23.6 Å². The van der Waals surface area contributed by atoms with Crippen LogP contribution >= 0.6 is 0 Å². The Kier molecular flexibility index (Phi) is 5.58. The van der Waals surface area contributed by atoms with E-state index in [0.29, 0.717) is 17.2 Å². The minimum absolute atomic E-state index is 0.193. The van der Waals surface area contributed by atoms with Crippen LogP contribution in [0.2, 0.25) is 0 Å². The van der Waals surface area contributed by atoms with Gasteiger partial charge in [0.1, 0.15) is 17.2 Å². The number of hydrogen-bond donors (Lipinski definition) is 1. The standard InChI is InChI=1S/C24H23N3O4/c1-4-17-12-24(29)31-21-13-19(9-10-20(17)21)30-14-23(28)25-22-11-16(3)26-27(22)18-7-5-15(2)6-8-18/h5-13H,4,14H2,1-3H3,(H,25,28). The Balaban J connectivity index is 1.48. The van der Waals surface area contributed by atoms with E-state index in [1.165, 1.54) is 6.07 Å². The van der Waals surface area contributed by atoms with Gasteiger partial charge in [-0.15, -0.1) is 0 Å². The van der Waals surface area contributed by atoms with Crippen molar-refractivity contribution in [2.75, 3.05) is 11.9 Å². The van der Waals surface area contributed by atoms with E-state index >= 15 is 0 Å². The summed E-state index contributed by atoms with van der Waals surface area (Å²) in [5.41, 5.74) is 3.73. The maximum absolute atomic E-state index is 12.5. The molecule has 0 aliphatic carbocycles. The summed E-state index contributed by atoms with van der Waals surface area (Å²) in [6.07, 6.45) is 0.721. The summed E-state index contributed by atoms with van der Waals surface area (Å²) in [5, 5.41) is 8.16. The number of amides is 1. The fourth-order valence-corrected chi connectivity index (χ4v) is 3.39. The molecule has 0 unspecified atom stereocenters. The monoisotopic (exact) mass is 417 g/mol. The molecular formula is C24H23N3O4. The second-order valence-corrected chi connectivity index (χ2v) is 7.36. The van der Waals surface area contributed by atoms with Crippen molar-refractivity contribution in [2.24, 2.45) is 0 Å². The van der Waals surface area contributed by atoms with Crippen LogP contribution < -0.4 is 15.7 Å². The summed E-state index contributed by atoms with van der Waals surface area (Å²) in [6, 6.07) is 16.4. The SMILES string of the molecule is CCc1cc(=O)oc2cc(OCC(=O)Nc3cc(C)nn3-c3ccc(C)cc3)ccc12. The average Bonchev–Trinajstić information content (AvgIpc) is 3.11. The molecule has 2 aromatic carbocycles. The third kappa shape index (κ3) is 4.50. The van der Waals surface area contributed by atoms with Gasteiger partial charge in [0.2, 0.25) is 0 Å². The Morgan fingerprint density at radius 3 is 2.61 bits per heavy atom. The first-order chi connectivity index (χ1) is 14.9. The number of aromatic nitrogens is 2. The minimum Gasteiger partial charge on any atom is -0.484 e. The summed E-state index contributed by atoms with van der Waals surface area (Å²) >= 11 is 0. The lowest BCUT2D eigenvalue weighted by atomic mass is 10.1. The van der Waals surface area contributed by atoms with E-state index in [-0.39, 0.29) is 12.5 Å². The number of anilines is 1. The van der Waals surface area contributed by atoms with Crippen molar-refractivity contribution in [1.82, 2.24) is 9.78 Å². The summed E-state index contributed by atoms with van der Waals surface area (Å²) in [5.74, 6) is 0.687. The van der Waals surface area contributed by atoms with E-state index in [0.717, 1.165) is 34.3 Å². The molecule has 7 heteroatoms. The molecule has 0 atom stereocenters. The smallest absolute Gasteiger partial charge is 0.336 e. The molecular weight excluding hydrogens is 394 g/mol. The third-order valence-electron chi connectivity index (χ3n) is 4.93. The Morgan fingerprint density at radius 1 is 1.10 bits per heavy atom. The van der Waals surface area contributed by atoms with Crippen LogP contribution in [0, 0.1) is 13.8 Å². The van der Waals surface area contributed by atoms with Crippen LogP contribution in [0.5, 0.6) is 5.75 Å². The van der Waals surface area contributed by atoms with Crippen LogP contribution in [0.1, 0.15) is 23.7 Å². The third-order valence-corrected chi connectivity index (χ3v) is 4.93. The van der Waals surface area contributed by atoms with Gasteiger partial charge >= 0.3 is 5.63 Å². The quantitative estimate of drug-likeness (QED) is 0.476. The van der Waals surface area contributed by atoms with Crippen molar-refractivity contribution in [2.45, 2.75) is 27.2 Å². The van der Waals surface area contributed by atoms with Gasteiger partial charge in [0.05, 0.1) is 11.4 Å². The molecule has 0 saturated heterocycles. The number of aryl methyl sites for hydroxylation is 3. The number of ether oxygens (including phenoxy) is 1. The summed E-state index contributed by atoms with van der Waals surface area (Å²) in [7, 11) is 0. The average molecular weight is 417 g/mol. The van der Waals surface area contributed by atoms with Gasteiger partial charge in [-0.1, -0.05) is 24.6 Å². The predicted octanol–water partition coefficient (Wildman–Crippen LogP) is 4.18. The highest BCUT2D eigenvalue weighted by Crippen LogP contribution is 2.23. The number of nitrogens with zero attached hydrogens (tertiary/aromatic N) is 2. The minimum atomic E-state index is -0.404. The molecule has 4 rings (SSSR count). The lowest BCUT2D eigenvalue weighted by Crippen LogP contribution is -2.21. The topological polar surface area (TPSA) is 86.4 Å². The van der Waals surface area contributed by atoms with Crippen molar-refractivity contribution in [3.05, 3.63) is 81.8 Å². The number of nitrogens with one attached hydrogen (secondary N) is 1. The number of hydrogen-bond acceptors (Lipinski definition) is 5. The second kappa shape index (κ2) is 8.47. The zero-order valence-electron chi connectivity index (χ0n) is 17.6. The number of benzene rings is 2. The van der Waals surface area contributed by atoms with Gasteiger partial charge in [-0.05, 0) is 50.1 Å². The highest BCUT2D eigenvalue weighted by molar-refractivity contribution is 5.91. The molecule has 0 bridgehead atoms. The Bertz CT molecular complexity index is 1300. The highest BCUT2D eigenvalue weighted by atomic mass is 16.5. The predicted molar refractivity (Wildman–Crippen MR) is 119 cm³/mol. The summed E-state index contributed by atoms with van der Waals surface area (Å²) < 4.78 is 12.6. The van der Waals surface area contributed by atoms with E-state index < -0.39 is 5.63 Å². The number of rotatable bonds is 6. The number of fused-ring (bicyclic) bond motifs is 1. The molecule has 2 aromatic heterocycles. The molecule has 2 heterocycles. The van der Waals surface area contributed by atoms with E-state index in [2.05, 4.69) is 10.4 Å². The Hall–Kier alpha value is -3.87. The first kappa shape index (κ1) is 20.4. The van der Waals surface area contributed by atoms with Crippen molar-refractivity contribution in [3.8, 4) is 11.4 Å². The molecule has 0 aliphatic rings. The van der Waals surface area contributed by atoms with E-state index in [1.807, 2.05) is 51.1 Å². The van der Waals surface area contributed by atoms with Crippen LogP contribution in [0.3, 0.4) is 0 Å². The van der Waals surface area contributed by atoms with Gasteiger partial charge in [-0.2, -0.15) is 5.10 Å². The van der Waals surface area contributed by atoms with Crippen molar-refractivity contribution >= 4 is 22.7 Å². The summed E-state index contributed by atoms with van der Waals surface area (Å²) in [4.78, 5) is 24.2. The Labute approximate surface area is 179 Å². The normalized spacial score (nSPS) is 10.9.